The summed E-state index contributed by atoms with van der Waals surface area (Å²) in [6.45, 7) is 10.1. The molecule has 2 N–H and O–H groups in total. The van der Waals surface area contributed by atoms with Gasteiger partial charge in [-0.15, -0.1) is 24.0 Å². The largest absolute Gasteiger partial charge is 0.378 e. The number of guanidine groups is 1. The van der Waals surface area contributed by atoms with Crippen molar-refractivity contribution >= 4 is 35.8 Å². The highest BCUT2D eigenvalue weighted by atomic mass is 127. The van der Waals surface area contributed by atoms with Gasteiger partial charge in [0, 0.05) is 51.2 Å². The number of rotatable bonds is 4. The molecule has 6 nitrogen and oxygen atoms in total. The van der Waals surface area contributed by atoms with Crippen LogP contribution in [-0.2, 0) is 9.53 Å². The van der Waals surface area contributed by atoms with Crippen molar-refractivity contribution in [3.05, 3.63) is 0 Å². The number of ether oxygens (including phenoxy) is 1. The molecule has 0 aromatic heterocycles. The minimum atomic E-state index is -0.0978. The number of carbonyl (C=O) groups excluding carboxylic acids is 1. The fourth-order valence-electron chi connectivity index (χ4n) is 3.50. The first-order valence-electron chi connectivity index (χ1n) is 8.60. The average Bonchev–Trinajstić information content (AvgIpc) is 2.50. The summed E-state index contributed by atoms with van der Waals surface area (Å²) in [5, 5.41) is 7.06. The summed E-state index contributed by atoms with van der Waals surface area (Å²) in [7, 11) is 3.64. The van der Waals surface area contributed by atoms with Crippen LogP contribution < -0.4 is 10.6 Å². The number of amides is 1. The lowest BCUT2D eigenvalue weighted by Gasteiger charge is -2.59. The Labute approximate surface area is 163 Å². The molecule has 7 heteroatoms. The van der Waals surface area contributed by atoms with Crippen molar-refractivity contribution in [3.8, 4) is 0 Å². The predicted octanol–water partition coefficient (Wildman–Crippen LogP) is 1.98. The van der Waals surface area contributed by atoms with Gasteiger partial charge in [0.15, 0.2) is 5.96 Å². The predicted molar refractivity (Wildman–Crippen MR) is 108 cm³/mol. The summed E-state index contributed by atoms with van der Waals surface area (Å²) < 4.78 is 5.69. The minimum absolute atomic E-state index is 0. The third-order valence-corrected chi connectivity index (χ3v) is 5.87. The van der Waals surface area contributed by atoms with Gasteiger partial charge in [0.2, 0.25) is 5.91 Å². The first kappa shape index (κ1) is 21.5. The number of hydrogen-bond donors (Lipinski definition) is 2. The number of likely N-dealkylation sites (N-methyl/N-ethyl adjacent to an activating group) is 1. The maximum Gasteiger partial charge on any atom is 0.222 e. The Morgan fingerprint density at radius 2 is 2.04 bits per heavy atom. The first-order valence-corrected chi connectivity index (χ1v) is 8.60. The van der Waals surface area contributed by atoms with Gasteiger partial charge in [0.25, 0.3) is 0 Å². The normalized spacial score (nSPS) is 32.7. The molecule has 0 radical (unpaired) electrons. The Balaban J connectivity index is 0.00000288. The van der Waals surface area contributed by atoms with Crippen molar-refractivity contribution in [2.75, 3.05) is 27.2 Å². The van der Waals surface area contributed by atoms with E-state index in [0.29, 0.717) is 12.5 Å². The number of halogens is 1. The van der Waals surface area contributed by atoms with Gasteiger partial charge in [-0.3, -0.25) is 9.79 Å². The third-order valence-electron chi connectivity index (χ3n) is 5.87. The number of methoxy groups -OCH3 is 1. The van der Waals surface area contributed by atoms with Gasteiger partial charge >= 0.3 is 0 Å². The summed E-state index contributed by atoms with van der Waals surface area (Å²) >= 11 is 0. The topological polar surface area (TPSA) is 66.0 Å². The van der Waals surface area contributed by atoms with E-state index < -0.39 is 0 Å². The van der Waals surface area contributed by atoms with E-state index in [4.69, 9.17) is 4.74 Å². The summed E-state index contributed by atoms with van der Waals surface area (Å²) in [5.74, 6) is 1.07. The second-order valence-corrected chi connectivity index (χ2v) is 7.53. The standard InChI is InChI=1S/C17H32N4O2.HI/c1-7-18-15(19-12-8-9-14(22)21(5)11-12)20-13-10-17(4,23-6)16(13,2)3;/h12-13H,7-11H2,1-6H3,(H2,18,19,20);1H. The van der Waals surface area contributed by atoms with Crippen LogP contribution in [0, 0.1) is 5.41 Å². The lowest BCUT2D eigenvalue weighted by Crippen LogP contribution is -2.70. The Morgan fingerprint density at radius 3 is 2.54 bits per heavy atom. The van der Waals surface area contributed by atoms with Crippen LogP contribution >= 0.6 is 24.0 Å². The van der Waals surface area contributed by atoms with Gasteiger partial charge in [-0.05, 0) is 26.7 Å². The van der Waals surface area contributed by atoms with E-state index in [1.54, 1.807) is 12.0 Å². The maximum absolute atomic E-state index is 11.6. The molecular weight excluding hydrogens is 419 g/mol. The summed E-state index contributed by atoms with van der Waals surface area (Å²) in [6.07, 6.45) is 2.42. The van der Waals surface area contributed by atoms with Gasteiger partial charge in [0.05, 0.1) is 5.60 Å². The molecule has 2 rings (SSSR count). The second kappa shape index (κ2) is 8.21. The van der Waals surface area contributed by atoms with Crippen LogP contribution in [0.15, 0.2) is 4.99 Å². The van der Waals surface area contributed by atoms with E-state index in [1.165, 1.54) is 0 Å². The molecule has 0 spiro atoms. The number of piperidine rings is 1. The van der Waals surface area contributed by atoms with Crippen molar-refractivity contribution in [2.24, 2.45) is 10.4 Å². The summed E-state index contributed by atoms with van der Waals surface area (Å²) in [5.41, 5.74) is -0.0588. The Bertz CT molecular complexity index is 483. The molecule has 2 aliphatic rings. The van der Waals surface area contributed by atoms with E-state index in [1.807, 2.05) is 14.0 Å². The summed E-state index contributed by atoms with van der Waals surface area (Å²) in [4.78, 5) is 18.0. The second-order valence-electron chi connectivity index (χ2n) is 7.53. The van der Waals surface area contributed by atoms with Gasteiger partial charge in [-0.25, -0.2) is 0 Å². The molecule has 140 valence electrons. The molecule has 1 aliphatic carbocycles. The van der Waals surface area contributed by atoms with Gasteiger partial charge in [0.1, 0.15) is 0 Å². The van der Waals surface area contributed by atoms with Crippen molar-refractivity contribution in [2.45, 2.75) is 64.6 Å². The highest BCUT2D eigenvalue weighted by Gasteiger charge is 2.58. The summed E-state index contributed by atoms with van der Waals surface area (Å²) in [6, 6.07) is 0.584. The van der Waals surface area contributed by atoms with Crippen molar-refractivity contribution in [1.29, 1.82) is 0 Å². The van der Waals surface area contributed by atoms with Crippen molar-refractivity contribution in [1.82, 2.24) is 15.5 Å². The minimum Gasteiger partial charge on any atom is -0.378 e. The van der Waals surface area contributed by atoms with Gasteiger partial charge in [-0.1, -0.05) is 13.8 Å². The fourth-order valence-corrected chi connectivity index (χ4v) is 3.50. The number of nitrogens with one attached hydrogen (secondary N) is 2. The van der Waals surface area contributed by atoms with Crippen LogP contribution in [0.5, 0.6) is 0 Å². The average molecular weight is 452 g/mol. The van der Waals surface area contributed by atoms with E-state index in [-0.39, 0.29) is 46.9 Å². The molecule has 0 bridgehead atoms. The third kappa shape index (κ3) is 4.15. The Kier molecular flexibility index (Phi) is 7.34. The molecular formula is C17H33IN4O2. The quantitative estimate of drug-likeness (QED) is 0.389. The van der Waals surface area contributed by atoms with Crippen molar-refractivity contribution < 1.29 is 9.53 Å². The number of hydrogen-bond acceptors (Lipinski definition) is 3. The lowest BCUT2D eigenvalue weighted by molar-refractivity contribution is -0.176. The molecule has 3 atom stereocenters. The van der Waals surface area contributed by atoms with Crippen LogP contribution in [0.2, 0.25) is 0 Å². The fraction of sp³-hybridized carbons (Fsp3) is 0.882. The van der Waals surface area contributed by atoms with E-state index in [0.717, 1.165) is 31.9 Å². The van der Waals surface area contributed by atoms with Crippen LogP contribution in [0.4, 0.5) is 0 Å². The zero-order valence-corrected chi connectivity index (χ0v) is 18.1. The van der Waals surface area contributed by atoms with E-state index in [2.05, 4.69) is 36.4 Å². The molecule has 3 unspecified atom stereocenters. The Hall–Kier alpha value is -0.570. The van der Waals surface area contributed by atoms with E-state index in [9.17, 15) is 4.79 Å². The maximum atomic E-state index is 11.6. The molecule has 1 saturated heterocycles. The van der Waals surface area contributed by atoms with Crippen LogP contribution in [0.1, 0.15) is 47.0 Å². The van der Waals surface area contributed by atoms with Crippen molar-refractivity contribution in [3.63, 3.8) is 0 Å². The molecule has 0 aromatic carbocycles. The number of aliphatic imine (C=N–C) groups is 1. The van der Waals surface area contributed by atoms with Crippen LogP contribution in [-0.4, -0.2) is 61.7 Å². The van der Waals surface area contributed by atoms with Gasteiger partial charge < -0.3 is 20.3 Å². The molecule has 1 heterocycles. The van der Waals surface area contributed by atoms with Crippen LogP contribution in [0.3, 0.4) is 0 Å². The zero-order valence-electron chi connectivity index (χ0n) is 15.8. The highest BCUT2D eigenvalue weighted by Crippen LogP contribution is 2.51. The molecule has 2 fully saturated rings. The lowest BCUT2D eigenvalue weighted by atomic mass is 9.56. The first-order chi connectivity index (χ1) is 10.7. The smallest absolute Gasteiger partial charge is 0.222 e. The van der Waals surface area contributed by atoms with E-state index >= 15 is 0 Å². The monoisotopic (exact) mass is 452 g/mol. The molecule has 0 aromatic rings. The molecule has 1 saturated carbocycles. The SMILES string of the molecule is CCN=C(NC1CCC(=O)N(C)C1)NC1CC(C)(OC)C1(C)C.I. The number of likely N-dealkylation sites (tertiary alicyclic amines) is 1. The molecule has 24 heavy (non-hydrogen) atoms. The number of carbonyl (C=O) groups is 1. The number of nitrogens with zero attached hydrogens (tertiary/aromatic N) is 2. The molecule has 1 amide bonds. The Morgan fingerprint density at radius 1 is 1.38 bits per heavy atom. The zero-order chi connectivity index (χ0) is 17.3. The van der Waals surface area contributed by atoms with Crippen LogP contribution in [0.25, 0.3) is 0 Å². The highest BCUT2D eigenvalue weighted by molar-refractivity contribution is 14.0. The molecule has 1 aliphatic heterocycles. The van der Waals surface area contributed by atoms with Gasteiger partial charge in [-0.2, -0.15) is 0 Å².